The molecule has 0 amide bonds. The van der Waals surface area contributed by atoms with E-state index in [2.05, 4.69) is 59.0 Å². The molecule has 2 rings (SSSR count). The molecule has 6 heteroatoms. The molecule has 0 radical (unpaired) electrons. The highest BCUT2D eigenvalue weighted by atomic mass is 32.2. The van der Waals surface area contributed by atoms with Gasteiger partial charge in [0.1, 0.15) is 0 Å². The predicted molar refractivity (Wildman–Crippen MR) is 71.8 cm³/mol. The van der Waals surface area contributed by atoms with E-state index in [1.165, 1.54) is 16.0 Å². The SMILES string of the molecule is Cc1ccccc1-c1cccs1.NS(N)(=O)=O. The van der Waals surface area contributed by atoms with Gasteiger partial charge in [-0.25, -0.2) is 10.3 Å². The Kier molecular flexibility index (Phi) is 4.83. The smallest absolute Gasteiger partial charge is 0.216 e. The van der Waals surface area contributed by atoms with E-state index < -0.39 is 10.2 Å². The molecule has 92 valence electrons. The van der Waals surface area contributed by atoms with Crippen molar-refractivity contribution >= 4 is 21.5 Å². The summed E-state index contributed by atoms with van der Waals surface area (Å²) in [6.07, 6.45) is 0. The zero-order valence-electron chi connectivity index (χ0n) is 9.33. The first-order valence-corrected chi connectivity index (χ1v) is 7.27. The van der Waals surface area contributed by atoms with Gasteiger partial charge in [-0.3, -0.25) is 0 Å². The molecule has 0 saturated heterocycles. The minimum atomic E-state index is -3.67. The van der Waals surface area contributed by atoms with Gasteiger partial charge in [-0.15, -0.1) is 11.3 Å². The van der Waals surface area contributed by atoms with Gasteiger partial charge < -0.3 is 0 Å². The standard InChI is InChI=1S/C11H10S.H4N2O2S/c1-9-5-2-3-6-10(9)11-7-4-8-12-11;1-5(2,3)4/h2-8H,1H3;(H4,1,2,3,4). The Balaban J connectivity index is 0.000000249. The molecule has 4 N–H and O–H groups in total. The average Bonchev–Trinajstić information content (AvgIpc) is 2.68. The summed E-state index contributed by atoms with van der Waals surface area (Å²) in [5.41, 5.74) is 2.70. The highest BCUT2D eigenvalue weighted by Crippen LogP contribution is 2.26. The third-order valence-corrected chi connectivity index (χ3v) is 2.83. The van der Waals surface area contributed by atoms with E-state index in [1.54, 1.807) is 11.3 Å². The first kappa shape index (κ1) is 13.9. The lowest BCUT2D eigenvalue weighted by Gasteiger charge is -2.00. The lowest BCUT2D eigenvalue weighted by molar-refractivity contribution is 0.599. The number of thiophene rings is 1. The Labute approximate surface area is 105 Å². The molecule has 0 saturated carbocycles. The van der Waals surface area contributed by atoms with Gasteiger partial charge in [-0.05, 0) is 29.5 Å². The summed E-state index contributed by atoms with van der Waals surface area (Å²) >= 11 is 1.79. The third kappa shape index (κ3) is 5.60. The van der Waals surface area contributed by atoms with Crippen molar-refractivity contribution in [2.75, 3.05) is 0 Å². The summed E-state index contributed by atoms with van der Waals surface area (Å²) in [6.45, 7) is 2.15. The average molecular weight is 270 g/mol. The van der Waals surface area contributed by atoms with E-state index in [0.717, 1.165) is 0 Å². The Morgan fingerprint density at radius 2 is 1.65 bits per heavy atom. The van der Waals surface area contributed by atoms with Gasteiger partial charge >= 0.3 is 0 Å². The predicted octanol–water partition coefficient (Wildman–Crippen LogP) is 1.87. The van der Waals surface area contributed by atoms with Crippen LogP contribution in [0.4, 0.5) is 0 Å². The maximum Gasteiger partial charge on any atom is 0.271 e. The van der Waals surface area contributed by atoms with Crippen molar-refractivity contribution in [3.63, 3.8) is 0 Å². The zero-order chi connectivity index (χ0) is 12.9. The van der Waals surface area contributed by atoms with Crippen LogP contribution in [0, 0.1) is 6.92 Å². The largest absolute Gasteiger partial charge is 0.271 e. The fraction of sp³-hybridized carbons (Fsp3) is 0.0909. The normalized spacial score (nSPS) is 10.5. The maximum absolute atomic E-state index is 9.19. The molecule has 0 fully saturated rings. The van der Waals surface area contributed by atoms with Gasteiger partial charge in [0.05, 0.1) is 0 Å². The second-order valence-corrected chi connectivity index (χ2v) is 5.51. The van der Waals surface area contributed by atoms with Crippen molar-refractivity contribution in [1.29, 1.82) is 0 Å². The van der Waals surface area contributed by atoms with E-state index in [1.807, 2.05) is 0 Å². The van der Waals surface area contributed by atoms with Crippen LogP contribution in [0.5, 0.6) is 0 Å². The monoisotopic (exact) mass is 270 g/mol. The Morgan fingerprint density at radius 1 is 1.06 bits per heavy atom. The van der Waals surface area contributed by atoms with Gasteiger partial charge in [-0.2, -0.15) is 8.42 Å². The van der Waals surface area contributed by atoms with Gasteiger partial charge in [0.15, 0.2) is 0 Å². The lowest BCUT2D eigenvalue weighted by Crippen LogP contribution is -2.21. The van der Waals surface area contributed by atoms with Crippen LogP contribution in [0.1, 0.15) is 5.56 Å². The van der Waals surface area contributed by atoms with E-state index in [4.69, 9.17) is 0 Å². The highest BCUT2D eigenvalue weighted by Gasteiger charge is 1.99. The number of benzene rings is 1. The molecule has 4 nitrogen and oxygen atoms in total. The van der Waals surface area contributed by atoms with Gasteiger partial charge in [-0.1, -0.05) is 30.3 Å². The Bertz CT molecular complexity index is 555. The van der Waals surface area contributed by atoms with Crippen LogP contribution in [0.3, 0.4) is 0 Å². The lowest BCUT2D eigenvalue weighted by atomic mass is 10.1. The second-order valence-electron chi connectivity index (χ2n) is 3.38. The molecule has 0 atom stereocenters. The number of nitrogens with two attached hydrogens (primary N) is 2. The van der Waals surface area contributed by atoms with Crippen molar-refractivity contribution in [3.05, 3.63) is 47.3 Å². The van der Waals surface area contributed by atoms with Gasteiger partial charge in [0, 0.05) is 4.88 Å². The summed E-state index contributed by atoms with van der Waals surface area (Å²) in [4.78, 5) is 1.35. The quantitative estimate of drug-likeness (QED) is 0.828. The first-order valence-electron chi connectivity index (χ1n) is 4.78. The summed E-state index contributed by atoms with van der Waals surface area (Å²) in [5, 5.41) is 10.3. The Morgan fingerprint density at radius 3 is 2.12 bits per heavy atom. The number of hydrogen-bond donors (Lipinski definition) is 2. The van der Waals surface area contributed by atoms with Crippen LogP contribution >= 0.6 is 11.3 Å². The molecule has 1 aromatic heterocycles. The van der Waals surface area contributed by atoms with Crippen LogP contribution in [-0.2, 0) is 10.2 Å². The molecule has 0 aliphatic heterocycles. The first-order chi connectivity index (χ1) is 7.88. The van der Waals surface area contributed by atoms with Crippen LogP contribution < -0.4 is 10.3 Å². The fourth-order valence-electron chi connectivity index (χ4n) is 1.28. The third-order valence-electron chi connectivity index (χ3n) is 1.93. The summed E-state index contributed by atoms with van der Waals surface area (Å²) in [7, 11) is -3.67. The molecular weight excluding hydrogens is 256 g/mol. The number of aryl methyl sites for hydroxylation is 1. The van der Waals surface area contributed by atoms with Crippen molar-refractivity contribution in [2.24, 2.45) is 10.3 Å². The van der Waals surface area contributed by atoms with Crippen LogP contribution in [0.25, 0.3) is 10.4 Å². The van der Waals surface area contributed by atoms with Crippen molar-refractivity contribution in [2.45, 2.75) is 6.92 Å². The molecule has 1 heterocycles. The molecule has 17 heavy (non-hydrogen) atoms. The molecule has 2 aromatic rings. The topological polar surface area (TPSA) is 86.2 Å². The Hall–Kier alpha value is -1.21. The highest BCUT2D eigenvalue weighted by molar-refractivity contribution is 7.86. The van der Waals surface area contributed by atoms with E-state index in [0.29, 0.717) is 0 Å². The van der Waals surface area contributed by atoms with E-state index in [-0.39, 0.29) is 0 Å². The molecule has 0 bridgehead atoms. The zero-order valence-corrected chi connectivity index (χ0v) is 11.0. The van der Waals surface area contributed by atoms with Gasteiger partial charge in [0.25, 0.3) is 10.2 Å². The summed E-state index contributed by atoms with van der Waals surface area (Å²) in [5.74, 6) is 0. The summed E-state index contributed by atoms with van der Waals surface area (Å²) in [6, 6.07) is 12.7. The molecule has 0 aliphatic rings. The minimum absolute atomic E-state index is 1.35. The summed E-state index contributed by atoms with van der Waals surface area (Å²) < 4.78 is 18.4. The van der Waals surface area contributed by atoms with Crippen LogP contribution in [0.15, 0.2) is 41.8 Å². The molecule has 1 aromatic carbocycles. The van der Waals surface area contributed by atoms with Gasteiger partial charge in [0.2, 0.25) is 0 Å². The maximum atomic E-state index is 9.19. The van der Waals surface area contributed by atoms with Crippen LogP contribution in [-0.4, -0.2) is 8.42 Å². The van der Waals surface area contributed by atoms with Crippen molar-refractivity contribution in [1.82, 2.24) is 0 Å². The minimum Gasteiger partial charge on any atom is -0.216 e. The fourth-order valence-corrected chi connectivity index (χ4v) is 2.10. The molecular formula is C11H14N2O2S2. The van der Waals surface area contributed by atoms with Crippen LogP contribution in [0.2, 0.25) is 0 Å². The van der Waals surface area contributed by atoms with Crippen molar-refractivity contribution < 1.29 is 8.42 Å². The second kappa shape index (κ2) is 5.92. The molecule has 0 unspecified atom stereocenters. The number of rotatable bonds is 1. The van der Waals surface area contributed by atoms with Crippen molar-refractivity contribution in [3.8, 4) is 10.4 Å². The van der Waals surface area contributed by atoms with E-state index >= 15 is 0 Å². The van der Waals surface area contributed by atoms with E-state index in [9.17, 15) is 8.42 Å². The number of hydrogen-bond acceptors (Lipinski definition) is 3. The molecule has 0 aliphatic carbocycles. The molecule has 0 spiro atoms.